The average Bonchev–Trinajstić information content (AvgIpc) is 2.44. The summed E-state index contributed by atoms with van der Waals surface area (Å²) in [7, 11) is 1.71. The number of ether oxygens (including phenoxy) is 1. The largest absolute Gasteiger partial charge is 0.496 e. The van der Waals surface area contributed by atoms with Crippen LogP contribution in [0.25, 0.3) is 0 Å². The molecule has 0 amide bonds. The lowest BCUT2D eigenvalue weighted by Crippen LogP contribution is -2.44. The van der Waals surface area contributed by atoms with Crippen molar-refractivity contribution in [1.29, 1.82) is 0 Å². The second-order valence-electron chi connectivity index (χ2n) is 6.77. The van der Waals surface area contributed by atoms with E-state index in [4.69, 9.17) is 4.74 Å². The van der Waals surface area contributed by atoms with Crippen molar-refractivity contribution in [2.75, 3.05) is 13.7 Å². The summed E-state index contributed by atoms with van der Waals surface area (Å²) in [6.07, 6.45) is 4.17. The summed E-state index contributed by atoms with van der Waals surface area (Å²) in [4.78, 5) is 0. The van der Waals surface area contributed by atoms with E-state index in [9.17, 15) is 5.11 Å². The van der Waals surface area contributed by atoms with Gasteiger partial charge in [0.15, 0.2) is 0 Å². The smallest absolute Gasteiger partial charge is 0.123 e. The number of benzene rings is 1. The number of aliphatic hydroxyl groups is 1. The van der Waals surface area contributed by atoms with Crippen LogP contribution in [0.1, 0.15) is 56.7 Å². The molecule has 3 unspecified atom stereocenters. The van der Waals surface area contributed by atoms with E-state index in [1.54, 1.807) is 7.11 Å². The summed E-state index contributed by atoms with van der Waals surface area (Å²) in [5.41, 5.74) is 1.83. The van der Waals surface area contributed by atoms with Crippen molar-refractivity contribution >= 4 is 0 Å². The number of methoxy groups -OCH3 is 1. The maximum atomic E-state index is 10.7. The Morgan fingerprint density at radius 2 is 2.24 bits per heavy atom. The molecule has 118 valence electrons. The fourth-order valence-corrected chi connectivity index (χ4v) is 3.44. The summed E-state index contributed by atoms with van der Waals surface area (Å²) in [5, 5.41) is 14.2. The fraction of sp³-hybridized carbons (Fsp3) is 0.667. The quantitative estimate of drug-likeness (QED) is 0.871. The molecule has 0 aromatic heterocycles. The lowest BCUT2D eigenvalue weighted by molar-refractivity contribution is -0.0134. The van der Waals surface area contributed by atoms with Gasteiger partial charge in [-0.1, -0.05) is 37.5 Å². The molecule has 1 aromatic carbocycles. The van der Waals surface area contributed by atoms with Gasteiger partial charge in [-0.05, 0) is 38.7 Å². The Morgan fingerprint density at radius 3 is 2.90 bits per heavy atom. The van der Waals surface area contributed by atoms with Crippen LogP contribution in [-0.4, -0.2) is 24.4 Å². The summed E-state index contributed by atoms with van der Waals surface area (Å²) in [6.45, 7) is 7.10. The minimum absolute atomic E-state index is 0.168. The molecule has 3 heteroatoms. The lowest BCUT2D eigenvalue weighted by Gasteiger charge is -2.36. The highest BCUT2D eigenvalue weighted by Gasteiger charge is 2.32. The number of rotatable bonds is 5. The van der Waals surface area contributed by atoms with Gasteiger partial charge in [-0.25, -0.2) is 0 Å². The second-order valence-corrected chi connectivity index (χ2v) is 6.77. The molecule has 0 spiro atoms. The molecule has 0 saturated heterocycles. The third kappa shape index (κ3) is 4.21. The molecule has 1 aliphatic carbocycles. The zero-order chi connectivity index (χ0) is 15.5. The molecule has 1 aliphatic rings. The van der Waals surface area contributed by atoms with Crippen LogP contribution in [-0.2, 0) is 0 Å². The van der Waals surface area contributed by atoms with Gasteiger partial charge in [-0.3, -0.25) is 0 Å². The van der Waals surface area contributed by atoms with Crippen LogP contribution in [0.5, 0.6) is 5.75 Å². The first-order valence-electron chi connectivity index (χ1n) is 8.04. The van der Waals surface area contributed by atoms with Gasteiger partial charge in [0, 0.05) is 18.2 Å². The Hall–Kier alpha value is -1.06. The minimum atomic E-state index is -0.553. The molecular weight excluding hydrogens is 262 g/mol. The predicted octanol–water partition coefficient (Wildman–Crippen LogP) is 3.60. The van der Waals surface area contributed by atoms with Crippen molar-refractivity contribution in [3.8, 4) is 5.75 Å². The van der Waals surface area contributed by atoms with Crippen molar-refractivity contribution in [3.63, 3.8) is 0 Å². The van der Waals surface area contributed by atoms with Crippen LogP contribution in [0.4, 0.5) is 0 Å². The first-order chi connectivity index (χ1) is 9.93. The first-order valence-corrected chi connectivity index (χ1v) is 8.04. The van der Waals surface area contributed by atoms with E-state index in [0.717, 1.165) is 30.6 Å². The van der Waals surface area contributed by atoms with E-state index in [1.807, 2.05) is 6.07 Å². The Balaban J connectivity index is 2.01. The molecule has 1 fully saturated rings. The van der Waals surface area contributed by atoms with Gasteiger partial charge in [0.1, 0.15) is 5.75 Å². The maximum Gasteiger partial charge on any atom is 0.123 e. The van der Waals surface area contributed by atoms with Crippen molar-refractivity contribution in [2.45, 2.75) is 58.1 Å². The second kappa shape index (κ2) is 6.80. The predicted molar refractivity (Wildman–Crippen MR) is 86.7 cm³/mol. The Kier molecular flexibility index (Phi) is 5.28. The van der Waals surface area contributed by atoms with Gasteiger partial charge in [0.05, 0.1) is 12.7 Å². The molecule has 0 aliphatic heterocycles. The van der Waals surface area contributed by atoms with Crippen LogP contribution in [0, 0.1) is 12.8 Å². The van der Waals surface area contributed by atoms with Crippen LogP contribution < -0.4 is 10.1 Å². The molecule has 2 N–H and O–H groups in total. The zero-order valence-electron chi connectivity index (χ0n) is 13.8. The highest BCUT2D eigenvalue weighted by molar-refractivity contribution is 5.38. The Labute approximate surface area is 128 Å². The molecule has 1 saturated carbocycles. The zero-order valence-corrected chi connectivity index (χ0v) is 13.8. The standard InChI is InChI=1S/C18H29NO2/c1-13-7-8-17(21-4)16(10-13)15(3)19-12-18(20)9-5-6-14(2)11-18/h7-8,10,14-15,19-20H,5-6,9,11-12H2,1-4H3. The summed E-state index contributed by atoms with van der Waals surface area (Å²) >= 11 is 0. The van der Waals surface area contributed by atoms with E-state index >= 15 is 0 Å². The summed E-state index contributed by atoms with van der Waals surface area (Å²) in [5.74, 6) is 1.53. The van der Waals surface area contributed by atoms with Crippen molar-refractivity contribution < 1.29 is 9.84 Å². The molecular formula is C18H29NO2. The first kappa shape index (κ1) is 16.3. The normalized spacial score (nSPS) is 27.4. The summed E-state index contributed by atoms with van der Waals surface area (Å²) < 4.78 is 5.45. The SMILES string of the molecule is COc1ccc(C)cc1C(C)NCC1(O)CCCC(C)C1. The molecule has 0 heterocycles. The Morgan fingerprint density at radius 1 is 1.48 bits per heavy atom. The summed E-state index contributed by atoms with van der Waals surface area (Å²) in [6, 6.07) is 6.40. The van der Waals surface area contributed by atoms with E-state index in [0.29, 0.717) is 12.5 Å². The van der Waals surface area contributed by atoms with Gasteiger partial charge in [0.2, 0.25) is 0 Å². The van der Waals surface area contributed by atoms with Gasteiger partial charge >= 0.3 is 0 Å². The molecule has 2 rings (SSSR count). The van der Waals surface area contributed by atoms with Crippen molar-refractivity contribution in [1.82, 2.24) is 5.32 Å². The third-order valence-corrected chi connectivity index (χ3v) is 4.66. The van der Waals surface area contributed by atoms with Crippen LogP contribution in [0.15, 0.2) is 18.2 Å². The van der Waals surface area contributed by atoms with E-state index in [-0.39, 0.29) is 6.04 Å². The lowest BCUT2D eigenvalue weighted by atomic mass is 9.79. The number of hydrogen-bond donors (Lipinski definition) is 2. The van der Waals surface area contributed by atoms with Crippen LogP contribution >= 0.6 is 0 Å². The molecule has 0 bridgehead atoms. The van der Waals surface area contributed by atoms with Gasteiger partial charge in [0.25, 0.3) is 0 Å². The molecule has 21 heavy (non-hydrogen) atoms. The molecule has 3 atom stereocenters. The van der Waals surface area contributed by atoms with E-state index in [2.05, 4.69) is 38.2 Å². The molecule has 1 aromatic rings. The highest BCUT2D eigenvalue weighted by Crippen LogP contribution is 2.33. The highest BCUT2D eigenvalue weighted by atomic mass is 16.5. The van der Waals surface area contributed by atoms with Crippen molar-refractivity contribution in [3.05, 3.63) is 29.3 Å². The van der Waals surface area contributed by atoms with Gasteiger partial charge < -0.3 is 15.2 Å². The third-order valence-electron chi connectivity index (χ3n) is 4.66. The molecule has 3 nitrogen and oxygen atoms in total. The van der Waals surface area contributed by atoms with E-state index in [1.165, 1.54) is 12.0 Å². The number of hydrogen-bond acceptors (Lipinski definition) is 3. The topological polar surface area (TPSA) is 41.5 Å². The maximum absolute atomic E-state index is 10.7. The molecule has 0 radical (unpaired) electrons. The average molecular weight is 291 g/mol. The fourth-order valence-electron chi connectivity index (χ4n) is 3.44. The number of nitrogens with one attached hydrogen (secondary N) is 1. The van der Waals surface area contributed by atoms with Gasteiger partial charge in [-0.15, -0.1) is 0 Å². The van der Waals surface area contributed by atoms with Gasteiger partial charge in [-0.2, -0.15) is 0 Å². The minimum Gasteiger partial charge on any atom is -0.496 e. The van der Waals surface area contributed by atoms with E-state index < -0.39 is 5.60 Å². The number of aryl methyl sites for hydroxylation is 1. The Bertz CT molecular complexity index is 474. The van der Waals surface area contributed by atoms with Crippen LogP contribution in [0.3, 0.4) is 0 Å². The van der Waals surface area contributed by atoms with Crippen LogP contribution in [0.2, 0.25) is 0 Å². The monoisotopic (exact) mass is 291 g/mol. The van der Waals surface area contributed by atoms with Crippen molar-refractivity contribution in [2.24, 2.45) is 5.92 Å².